The third-order valence-corrected chi connectivity index (χ3v) is 3.78. The quantitative estimate of drug-likeness (QED) is 0.815. The number of aliphatic hydroxyl groups is 1. The van der Waals surface area contributed by atoms with Crippen LogP contribution in [0.4, 0.5) is 4.39 Å². The van der Waals surface area contributed by atoms with E-state index in [4.69, 9.17) is 0 Å². The highest BCUT2D eigenvalue weighted by Crippen LogP contribution is 2.21. The van der Waals surface area contributed by atoms with Gasteiger partial charge in [0.15, 0.2) is 0 Å². The maximum Gasteiger partial charge on any atom is 0.136 e. The Morgan fingerprint density at radius 2 is 2.25 bits per heavy atom. The van der Waals surface area contributed by atoms with E-state index in [0.29, 0.717) is 4.90 Å². The first kappa shape index (κ1) is 11.9. The summed E-state index contributed by atoms with van der Waals surface area (Å²) in [6.07, 6.45) is 0.697. The van der Waals surface area contributed by atoms with Gasteiger partial charge in [0.25, 0.3) is 0 Å². The molecule has 16 heavy (non-hydrogen) atoms. The summed E-state index contributed by atoms with van der Waals surface area (Å²) in [6.45, 7) is 2.63. The predicted octanol–water partition coefficient (Wildman–Crippen LogP) is 1.98. The minimum atomic E-state index is -0.168. The van der Waals surface area contributed by atoms with E-state index in [1.54, 1.807) is 12.1 Å². The fourth-order valence-electron chi connectivity index (χ4n) is 1.86. The van der Waals surface area contributed by atoms with Gasteiger partial charge in [-0.25, -0.2) is 4.39 Å². The average molecular weight is 241 g/mol. The number of aliphatic hydroxyl groups excluding tert-OH is 1. The summed E-state index contributed by atoms with van der Waals surface area (Å²) in [6, 6.07) is 6.85. The molecule has 2 rings (SSSR count). The first-order chi connectivity index (χ1) is 7.75. The van der Waals surface area contributed by atoms with Gasteiger partial charge in [0.1, 0.15) is 5.82 Å². The number of hydrogen-bond donors (Lipinski definition) is 1. The van der Waals surface area contributed by atoms with Crippen LogP contribution in [0.2, 0.25) is 0 Å². The molecule has 1 fully saturated rings. The van der Waals surface area contributed by atoms with E-state index in [-0.39, 0.29) is 11.9 Å². The molecular formula is C12H16FNOS. The lowest BCUT2D eigenvalue weighted by molar-refractivity contribution is 0.178. The molecule has 4 heteroatoms. The number of halogens is 1. The van der Waals surface area contributed by atoms with Crippen LogP contribution in [0.15, 0.2) is 29.2 Å². The molecule has 2 nitrogen and oxygen atoms in total. The molecule has 1 saturated heterocycles. The van der Waals surface area contributed by atoms with E-state index in [1.807, 2.05) is 6.07 Å². The van der Waals surface area contributed by atoms with Crippen molar-refractivity contribution >= 4 is 11.8 Å². The van der Waals surface area contributed by atoms with E-state index < -0.39 is 0 Å². The van der Waals surface area contributed by atoms with Crippen LogP contribution >= 0.6 is 11.8 Å². The zero-order chi connectivity index (χ0) is 11.4. The average Bonchev–Trinajstić information content (AvgIpc) is 2.67. The van der Waals surface area contributed by atoms with E-state index in [0.717, 1.165) is 31.8 Å². The molecule has 1 heterocycles. The van der Waals surface area contributed by atoms with Crippen LogP contribution in [0.25, 0.3) is 0 Å². The van der Waals surface area contributed by atoms with Crippen LogP contribution < -0.4 is 0 Å². The van der Waals surface area contributed by atoms with Crippen molar-refractivity contribution in [1.82, 2.24) is 4.90 Å². The molecule has 1 aromatic carbocycles. The van der Waals surface area contributed by atoms with Crippen molar-refractivity contribution in [3.05, 3.63) is 30.1 Å². The third-order valence-electron chi connectivity index (χ3n) is 2.75. The van der Waals surface area contributed by atoms with Gasteiger partial charge >= 0.3 is 0 Å². The van der Waals surface area contributed by atoms with Gasteiger partial charge in [-0.3, -0.25) is 4.90 Å². The molecule has 1 aliphatic heterocycles. The Hall–Kier alpha value is -0.580. The molecule has 1 aromatic rings. The molecule has 0 aliphatic carbocycles. The monoisotopic (exact) mass is 241 g/mol. The van der Waals surface area contributed by atoms with Gasteiger partial charge < -0.3 is 5.11 Å². The molecule has 0 amide bonds. The van der Waals surface area contributed by atoms with Gasteiger partial charge in [0, 0.05) is 30.3 Å². The lowest BCUT2D eigenvalue weighted by Crippen LogP contribution is -2.24. The van der Waals surface area contributed by atoms with Crippen LogP contribution in [0.5, 0.6) is 0 Å². The summed E-state index contributed by atoms with van der Waals surface area (Å²) < 4.78 is 13.3. The van der Waals surface area contributed by atoms with Crippen LogP contribution in [-0.4, -0.2) is 41.5 Å². The normalized spacial score (nSPS) is 21.5. The molecule has 1 atom stereocenters. The predicted molar refractivity (Wildman–Crippen MR) is 64.2 cm³/mol. The second-order valence-electron chi connectivity index (χ2n) is 4.02. The van der Waals surface area contributed by atoms with Gasteiger partial charge in [-0.05, 0) is 18.6 Å². The Balaban J connectivity index is 1.74. The Morgan fingerprint density at radius 3 is 2.94 bits per heavy atom. The lowest BCUT2D eigenvalue weighted by Gasteiger charge is -2.14. The van der Waals surface area contributed by atoms with E-state index in [2.05, 4.69) is 4.90 Å². The highest BCUT2D eigenvalue weighted by Gasteiger charge is 2.19. The van der Waals surface area contributed by atoms with Crippen molar-refractivity contribution in [3.63, 3.8) is 0 Å². The van der Waals surface area contributed by atoms with Crippen molar-refractivity contribution in [2.45, 2.75) is 17.4 Å². The molecule has 0 spiro atoms. The van der Waals surface area contributed by atoms with E-state index in [1.165, 1.54) is 17.8 Å². The summed E-state index contributed by atoms with van der Waals surface area (Å²) in [4.78, 5) is 2.93. The smallest absolute Gasteiger partial charge is 0.136 e. The summed E-state index contributed by atoms with van der Waals surface area (Å²) in [5, 5.41) is 9.35. The lowest BCUT2D eigenvalue weighted by atomic mass is 10.3. The van der Waals surface area contributed by atoms with Gasteiger partial charge in [-0.15, -0.1) is 11.8 Å². The van der Waals surface area contributed by atoms with Gasteiger partial charge in [-0.2, -0.15) is 0 Å². The molecule has 0 aromatic heterocycles. The SMILES string of the molecule is O[C@@H]1CCN(CCSc2ccccc2F)C1. The minimum Gasteiger partial charge on any atom is -0.392 e. The topological polar surface area (TPSA) is 23.5 Å². The molecule has 0 radical (unpaired) electrons. The largest absolute Gasteiger partial charge is 0.392 e. The number of benzene rings is 1. The molecule has 88 valence electrons. The van der Waals surface area contributed by atoms with Crippen molar-refractivity contribution in [1.29, 1.82) is 0 Å². The van der Waals surface area contributed by atoms with Crippen molar-refractivity contribution in [2.24, 2.45) is 0 Å². The molecular weight excluding hydrogens is 225 g/mol. The Kier molecular flexibility index (Phi) is 4.21. The number of nitrogens with zero attached hydrogens (tertiary/aromatic N) is 1. The van der Waals surface area contributed by atoms with Crippen molar-refractivity contribution in [3.8, 4) is 0 Å². The second kappa shape index (κ2) is 5.66. The van der Waals surface area contributed by atoms with Crippen LogP contribution in [0, 0.1) is 5.82 Å². The third kappa shape index (κ3) is 3.20. The summed E-state index contributed by atoms with van der Waals surface area (Å²) in [5.41, 5.74) is 0. The Morgan fingerprint density at radius 1 is 1.44 bits per heavy atom. The Labute approximate surface area is 99.5 Å². The van der Waals surface area contributed by atoms with E-state index >= 15 is 0 Å². The second-order valence-corrected chi connectivity index (χ2v) is 5.16. The molecule has 0 bridgehead atoms. The van der Waals surface area contributed by atoms with Gasteiger partial charge in [-0.1, -0.05) is 12.1 Å². The maximum atomic E-state index is 13.3. The summed E-state index contributed by atoms with van der Waals surface area (Å²) in [7, 11) is 0. The van der Waals surface area contributed by atoms with Gasteiger partial charge in [0.2, 0.25) is 0 Å². The summed E-state index contributed by atoms with van der Waals surface area (Å²) >= 11 is 1.54. The number of likely N-dealkylation sites (tertiary alicyclic amines) is 1. The number of thioether (sulfide) groups is 1. The summed E-state index contributed by atoms with van der Waals surface area (Å²) in [5.74, 6) is 0.724. The highest BCUT2D eigenvalue weighted by atomic mass is 32.2. The fourth-order valence-corrected chi connectivity index (χ4v) is 2.81. The molecule has 0 unspecified atom stereocenters. The minimum absolute atomic E-state index is 0.144. The molecule has 1 aliphatic rings. The van der Waals surface area contributed by atoms with Crippen LogP contribution in [-0.2, 0) is 0 Å². The van der Waals surface area contributed by atoms with E-state index in [9.17, 15) is 9.50 Å². The Bertz CT molecular complexity index is 348. The van der Waals surface area contributed by atoms with Crippen LogP contribution in [0.3, 0.4) is 0 Å². The standard InChI is InChI=1S/C12H16FNOS/c13-11-3-1-2-4-12(11)16-8-7-14-6-5-10(15)9-14/h1-4,10,15H,5-9H2/t10-/m1/s1. The molecule has 0 saturated carbocycles. The first-order valence-electron chi connectivity index (χ1n) is 5.53. The zero-order valence-electron chi connectivity index (χ0n) is 9.10. The number of β-amino-alcohol motifs (C(OH)–C–C–N with tert-alkyl or cyclic N) is 1. The van der Waals surface area contributed by atoms with Gasteiger partial charge in [0.05, 0.1) is 6.10 Å². The highest BCUT2D eigenvalue weighted by molar-refractivity contribution is 7.99. The fraction of sp³-hybridized carbons (Fsp3) is 0.500. The van der Waals surface area contributed by atoms with Crippen LogP contribution in [0.1, 0.15) is 6.42 Å². The zero-order valence-corrected chi connectivity index (χ0v) is 9.92. The first-order valence-corrected chi connectivity index (χ1v) is 6.52. The molecule has 1 N–H and O–H groups in total. The van der Waals surface area contributed by atoms with Crippen molar-refractivity contribution < 1.29 is 9.50 Å². The number of rotatable bonds is 4. The van der Waals surface area contributed by atoms with Crippen molar-refractivity contribution in [2.75, 3.05) is 25.4 Å². The number of hydrogen-bond acceptors (Lipinski definition) is 3. The maximum absolute atomic E-state index is 13.3.